The Balaban J connectivity index is 1.47. The van der Waals surface area contributed by atoms with Crippen LogP contribution < -0.4 is 5.32 Å². The molecule has 0 radical (unpaired) electrons. The molecule has 5 aromatic rings. The molecule has 0 atom stereocenters. The molecule has 0 saturated heterocycles. The van der Waals surface area contributed by atoms with E-state index in [0.29, 0.717) is 17.9 Å². The van der Waals surface area contributed by atoms with E-state index < -0.39 is 0 Å². The van der Waals surface area contributed by atoms with Crippen LogP contribution in [-0.2, 0) is 16.8 Å². The molecule has 6 heteroatoms. The summed E-state index contributed by atoms with van der Waals surface area (Å²) in [5.74, 6) is 0.0832. The van der Waals surface area contributed by atoms with Crippen molar-refractivity contribution in [3.8, 4) is 5.69 Å². The average Bonchev–Trinajstić information content (AvgIpc) is 3.37. The molecule has 0 aliphatic carbocycles. The molecule has 202 valence electrons. The second kappa shape index (κ2) is 11.2. The van der Waals surface area contributed by atoms with Crippen LogP contribution in [0.1, 0.15) is 48.0 Å². The number of aromatic nitrogens is 2. The zero-order valence-electron chi connectivity index (χ0n) is 23.4. The van der Waals surface area contributed by atoms with E-state index in [9.17, 15) is 9.59 Å². The molecular formula is C34H34N4O2. The molecule has 1 aromatic heterocycles. The van der Waals surface area contributed by atoms with E-state index in [-0.39, 0.29) is 23.8 Å². The van der Waals surface area contributed by atoms with Crippen molar-refractivity contribution in [1.29, 1.82) is 0 Å². The third kappa shape index (κ3) is 5.81. The normalized spacial score (nSPS) is 11.4. The maximum absolute atomic E-state index is 13.9. The van der Waals surface area contributed by atoms with E-state index in [1.807, 2.05) is 110 Å². The van der Waals surface area contributed by atoms with Gasteiger partial charge in [-0.1, -0.05) is 106 Å². The van der Waals surface area contributed by atoms with Crippen molar-refractivity contribution in [2.45, 2.75) is 39.7 Å². The smallest absolute Gasteiger partial charge is 0.255 e. The number of nitrogens with one attached hydrogen (secondary N) is 1. The Morgan fingerprint density at radius 3 is 2.27 bits per heavy atom. The van der Waals surface area contributed by atoms with Gasteiger partial charge in [0.25, 0.3) is 5.91 Å². The first-order chi connectivity index (χ1) is 19.2. The molecule has 0 aliphatic heterocycles. The third-order valence-electron chi connectivity index (χ3n) is 6.95. The van der Waals surface area contributed by atoms with Crippen molar-refractivity contribution >= 4 is 28.4 Å². The summed E-state index contributed by atoms with van der Waals surface area (Å²) < 4.78 is 1.78. The number of benzene rings is 4. The van der Waals surface area contributed by atoms with Crippen molar-refractivity contribution in [1.82, 2.24) is 14.7 Å². The number of amides is 2. The van der Waals surface area contributed by atoms with Crippen LogP contribution in [-0.4, -0.2) is 33.0 Å². The van der Waals surface area contributed by atoms with E-state index >= 15 is 0 Å². The highest BCUT2D eigenvalue weighted by Crippen LogP contribution is 2.28. The van der Waals surface area contributed by atoms with Crippen LogP contribution in [0.4, 0.5) is 5.82 Å². The Morgan fingerprint density at radius 2 is 1.52 bits per heavy atom. The Labute approximate surface area is 235 Å². The molecule has 40 heavy (non-hydrogen) atoms. The number of hydrogen-bond acceptors (Lipinski definition) is 3. The number of para-hydroxylation sites is 1. The Hall–Kier alpha value is -4.71. The second-order valence-corrected chi connectivity index (χ2v) is 11.1. The molecule has 4 aromatic carbocycles. The van der Waals surface area contributed by atoms with Crippen LogP contribution in [0.25, 0.3) is 16.5 Å². The molecule has 6 nitrogen and oxygen atoms in total. The van der Waals surface area contributed by atoms with Gasteiger partial charge in [0.15, 0.2) is 0 Å². The Bertz CT molecular complexity index is 1660. The topological polar surface area (TPSA) is 67.2 Å². The van der Waals surface area contributed by atoms with E-state index in [2.05, 4.69) is 26.1 Å². The lowest BCUT2D eigenvalue weighted by Crippen LogP contribution is -2.38. The van der Waals surface area contributed by atoms with Gasteiger partial charge in [-0.25, -0.2) is 4.68 Å². The molecule has 1 heterocycles. The molecule has 0 saturated carbocycles. The lowest BCUT2D eigenvalue weighted by Gasteiger charge is -2.23. The lowest BCUT2D eigenvalue weighted by molar-refractivity contribution is -0.117. The van der Waals surface area contributed by atoms with Gasteiger partial charge in [0, 0.05) is 23.6 Å². The summed E-state index contributed by atoms with van der Waals surface area (Å²) >= 11 is 0. The standard InChI is InChI=1S/C34H34N4O2/c1-24-13-8-11-20-29(24)38-31(21-30(36-38)34(2,3)4)35-32(39)23-37(22-25-14-6-5-7-15-25)33(40)28-19-12-17-26-16-9-10-18-27(26)28/h5-21H,22-23H2,1-4H3,(H,35,39). The van der Waals surface area contributed by atoms with Crippen LogP contribution >= 0.6 is 0 Å². The summed E-state index contributed by atoms with van der Waals surface area (Å²) in [5.41, 5.74) is 4.10. The predicted molar refractivity (Wildman–Crippen MR) is 161 cm³/mol. The van der Waals surface area contributed by atoms with Crippen molar-refractivity contribution in [3.05, 3.63) is 126 Å². The van der Waals surface area contributed by atoms with Crippen molar-refractivity contribution in [2.75, 3.05) is 11.9 Å². The molecule has 0 spiro atoms. The van der Waals surface area contributed by atoms with E-state index in [1.54, 1.807) is 9.58 Å². The maximum Gasteiger partial charge on any atom is 0.255 e. The van der Waals surface area contributed by atoms with Crippen LogP contribution in [0.3, 0.4) is 0 Å². The van der Waals surface area contributed by atoms with Gasteiger partial charge in [0.05, 0.1) is 11.4 Å². The molecule has 2 amide bonds. The minimum absolute atomic E-state index is 0.110. The highest BCUT2D eigenvalue weighted by atomic mass is 16.2. The summed E-state index contributed by atoms with van der Waals surface area (Å²) in [4.78, 5) is 29.1. The minimum Gasteiger partial charge on any atom is -0.325 e. The number of aryl methyl sites for hydroxylation is 1. The molecule has 1 N–H and O–H groups in total. The molecule has 0 aliphatic rings. The molecular weight excluding hydrogens is 496 g/mol. The SMILES string of the molecule is Cc1ccccc1-n1nc(C(C)(C)C)cc1NC(=O)CN(Cc1ccccc1)C(=O)c1cccc2ccccc12. The number of rotatable bonds is 7. The van der Waals surface area contributed by atoms with Crippen LogP contribution in [0.15, 0.2) is 103 Å². The Kier molecular flexibility index (Phi) is 7.52. The van der Waals surface area contributed by atoms with Crippen molar-refractivity contribution < 1.29 is 9.59 Å². The van der Waals surface area contributed by atoms with Crippen LogP contribution in [0.2, 0.25) is 0 Å². The monoisotopic (exact) mass is 530 g/mol. The van der Waals surface area contributed by atoms with E-state index in [0.717, 1.165) is 33.3 Å². The zero-order chi connectivity index (χ0) is 28.3. The van der Waals surface area contributed by atoms with Gasteiger partial charge in [0.1, 0.15) is 12.4 Å². The van der Waals surface area contributed by atoms with E-state index in [4.69, 9.17) is 5.10 Å². The minimum atomic E-state index is -0.292. The summed E-state index contributed by atoms with van der Waals surface area (Å²) in [6.45, 7) is 8.49. The molecule has 5 rings (SSSR count). The van der Waals surface area contributed by atoms with Crippen LogP contribution in [0, 0.1) is 6.92 Å². The van der Waals surface area contributed by atoms with Gasteiger partial charge in [-0.15, -0.1) is 0 Å². The molecule has 0 fully saturated rings. The van der Waals surface area contributed by atoms with Gasteiger partial charge >= 0.3 is 0 Å². The predicted octanol–water partition coefficient (Wildman–Crippen LogP) is 6.91. The van der Waals surface area contributed by atoms with Gasteiger partial charge in [0.2, 0.25) is 5.91 Å². The van der Waals surface area contributed by atoms with Crippen molar-refractivity contribution in [2.24, 2.45) is 0 Å². The lowest BCUT2D eigenvalue weighted by atomic mass is 9.92. The highest BCUT2D eigenvalue weighted by Gasteiger charge is 2.25. The fraction of sp³-hybridized carbons (Fsp3) is 0.206. The number of anilines is 1. The number of carbonyl (C=O) groups excluding carboxylic acids is 2. The molecule has 0 bridgehead atoms. The van der Waals surface area contributed by atoms with Crippen molar-refractivity contribution in [3.63, 3.8) is 0 Å². The number of nitrogens with zero attached hydrogens (tertiary/aromatic N) is 3. The fourth-order valence-corrected chi connectivity index (χ4v) is 4.76. The largest absolute Gasteiger partial charge is 0.325 e. The fourth-order valence-electron chi connectivity index (χ4n) is 4.76. The summed E-state index contributed by atoms with van der Waals surface area (Å²) in [6, 6.07) is 33.1. The average molecular weight is 531 g/mol. The van der Waals surface area contributed by atoms with Crippen LogP contribution in [0.5, 0.6) is 0 Å². The second-order valence-electron chi connectivity index (χ2n) is 11.1. The first-order valence-corrected chi connectivity index (χ1v) is 13.5. The summed E-state index contributed by atoms with van der Waals surface area (Å²) in [7, 11) is 0. The summed E-state index contributed by atoms with van der Waals surface area (Å²) in [6.07, 6.45) is 0. The number of hydrogen-bond donors (Lipinski definition) is 1. The van der Waals surface area contributed by atoms with E-state index in [1.165, 1.54) is 0 Å². The first kappa shape index (κ1) is 26.9. The Morgan fingerprint density at radius 1 is 0.850 bits per heavy atom. The third-order valence-corrected chi connectivity index (χ3v) is 6.95. The quantitative estimate of drug-likeness (QED) is 0.249. The number of fused-ring (bicyclic) bond motifs is 1. The van der Waals surface area contributed by atoms with Gasteiger partial charge in [-0.05, 0) is 41.0 Å². The summed E-state index contributed by atoms with van der Waals surface area (Å²) in [5, 5.41) is 9.75. The van der Waals surface area contributed by atoms with Gasteiger partial charge in [-0.3, -0.25) is 9.59 Å². The van der Waals surface area contributed by atoms with Gasteiger partial charge in [-0.2, -0.15) is 5.10 Å². The first-order valence-electron chi connectivity index (χ1n) is 13.5. The van der Waals surface area contributed by atoms with Gasteiger partial charge < -0.3 is 10.2 Å². The highest BCUT2D eigenvalue weighted by molar-refractivity contribution is 6.08. The molecule has 0 unspecified atom stereocenters. The maximum atomic E-state index is 13.9. The number of carbonyl (C=O) groups is 2. The zero-order valence-corrected chi connectivity index (χ0v) is 23.4.